The molecule has 7 heteroatoms. The number of hydrogen-bond donors (Lipinski definition) is 2. The maximum absolute atomic E-state index is 12.0. The summed E-state index contributed by atoms with van der Waals surface area (Å²) < 4.78 is 28.2. The van der Waals surface area contributed by atoms with E-state index in [0.717, 1.165) is 25.7 Å². The quantitative estimate of drug-likeness (QED) is 0.772. The van der Waals surface area contributed by atoms with Gasteiger partial charge in [0.25, 0.3) is 10.2 Å². The number of hydrogen-bond acceptors (Lipinski definition) is 3. The minimum absolute atomic E-state index is 0. The highest BCUT2D eigenvalue weighted by molar-refractivity contribution is 7.87. The van der Waals surface area contributed by atoms with E-state index in [2.05, 4.69) is 10.0 Å². The number of nitrogens with zero attached hydrogens (tertiary/aromatic N) is 1. The Kier molecular flexibility index (Phi) is 8.38. The summed E-state index contributed by atoms with van der Waals surface area (Å²) in [6.07, 6.45) is 5.47. The third-order valence-corrected chi connectivity index (χ3v) is 5.12. The maximum Gasteiger partial charge on any atom is 0.279 e. The molecule has 5 nitrogen and oxygen atoms in total. The Morgan fingerprint density at radius 3 is 2.33 bits per heavy atom. The topological polar surface area (TPSA) is 61.4 Å². The third kappa shape index (κ3) is 5.40. The summed E-state index contributed by atoms with van der Waals surface area (Å²) >= 11 is 0. The first-order chi connectivity index (χ1) is 7.97. The van der Waals surface area contributed by atoms with Crippen LogP contribution in [0.1, 0.15) is 39.0 Å². The van der Waals surface area contributed by atoms with Crippen molar-refractivity contribution in [2.45, 2.75) is 51.1 Å². The predicted octanol–water partition coefficient (Wildman–Crippen LogP) is 1.11. The molecule has 1 fully saturated rings. The van der Waals surface area contributed by atoms with Crippen molar-refractivity contribution < 1.29 is 8.42 Å². The number of halogens is 1. The van der Waals surface area contributed by atoms with Crippen LogP contribution in [0.4, 0.5) is 0 Å². The van der Waals surface area contributed by atoms with Crippen LogP contribution in [0.2, 0.25) is 0 Å². The van der Waals surface area contributed by atoms with Gasteiger partial charge >= 0.3 is 0 Å². The molecule has 0 spiro atoms. The highest BCUT2D eigenvalue weighted by atomic mass is 35.5. The molecule has 1 rings (SSSR count). The van der Waals surface area contributed by atoms with E-state index in [1.54, 1.807) is 7.05 Å². The Morgan fingerprint density at radius 1 is 1.28 bits per heavy atom. The van der Waals surface area contributed by atoms with Gasteiger partial charge in [0.05, 0.1) is 0 Å². The summed E-state index contributed by atoms with van der Waals surface area (Å²) in [5, 5.41) is 3.01. The third-order valence-electron chi connectivity index (χ3n) is 3.53. The van der Waals surface area contributed by atoms with E-state index in [4.69, 9.17) is 0 Å². The minimum Gasteiger partial charge on any atom is -0.316 e. The lowest BCUT2D eigenvalue weighted by atomic mass is 9.96. The summed E-state index contributed by atoms with van der Waals surface area (Å²) in [5.74, 6) is 0. The van der Waals surface area contributed by atoms with Gasteiger partial charge in [0.15, 0.2) is 0 Å². The van der Waals surface area contributed by atoms with Crippen molar-refractivity contribution in [2.24, 2.45) is 0 Å². The van der Waals surface area contributed by atoms with Gasteiger partial charge in [-0.25, -0.2) is 4.72 Å². The number of likely N-dealkylation sites (N-methyl/N-ethyl adjacent to an activating group) is 1. The highest BCUT2D eigenvalue weighted by Gasteiger charge is 2.27. The average molecular weight is 300 g/mol. The molecule has 0 amide bonds. The largest absolute Gasteiger partial charge is 0.316 e. The van der Waals surface area contributed by atoms with Crippen LogP contribution >= 0.6 is 12.4 Å². The molecule has 110 valence electrons. The van der Waals surface area contributed by atoms with Crippen LogP contribution in [-0.2, 0) is 10.2 Å². The fourth-order valence-corrected chi connectivity index (χ4v) is 3.34. The Morgan fingerprint density at radius 2 is 1.83 bits per heavy atom. The predicted molar refractivity (Wildman–Crippen MR) is 77.3 cm³/mol. The van der Waals surface area contributed by atoms with E-state index in [1.807, 2.05) is 14.0 Å². The second-order valence-electron chi connectivity index (χ2n) is 4.85. The van der Waals surface area contributed by atoms with Crippen molar-refractivity contribution in [3.05, 3.63) is 0 Å². The van der Waals surface area contributed by atoms with E-state index in [0.29, 0.717) is 6.54 Å². The molecule has 0 saturated heterocycles. The lowest BCUT2D eigenvalue weighted by Gasteiger charge is -2.30. The number of rotatable bonds is 6. The Labute approximate surface area is 117 Å². The molecule has 0 bridgehead atoms. The van der Waals surface area contributed by atoms with E-state index in [1.165, 1.54) is 10.7 Å². The van der Waals surface area contributed by atoms with Gasteiger partial charge in [0, 0.05) is 25.7 Å². The van der Waals surface area contributed by atoms with E-state index in [-0.39, 0.29) is 24.5 Å². The summed E-state index contributed by atoms with van der Waals surface area (Å²) in [6.45, 7) is 2.37. The van der Waals surface area contributed by atoms with Gasteiger partial charge in [-0.1, -0.05) is 19.3 Å². The highest BCUT2D eigenvalue weighted by Crippen LogP contribution is 2.22. The molecule has 0 aromatic carbocycles. The van der Waals surface area contributed by atoms with Gasteiger partial charge < -0.3 is 5.32 Å². The average Bonchev–Trinajstić information content (AvgIpc) is 2.36. The van der Waals surface area contributed by atoms with Crippen LogP contribution in [0.5, 0.6) is 0 Å². The molecule has 0 aromatic rings. The molecular formula is C11H26ClN3O2S. The molecule has 1 aliphatic rings. The fourth-order valence-electron chi connectivity index (χ4n) is 2.08. The number of nitrogens with one attached hydrogen (secondary N) is 2. The second kappa shape index (κ2) is 8.32. The lowest BCUT2D eigenvalue weighted by molar-refractivity contribution is 0.282. The van der Waals surface area contributed by atoms with Crippen molar-refractivity contribution in [2.75, 3.05) is 20.6 Å². The summed E-state index contributed by atoms with van der Waals surface area (Å²) in [6, 6.07) is 0.315. The second-order valence-corrected chi connectivity index (χ2v) is 6.67. The summed E-state index contributed by atoms with van der Waals surface area (Å²) in [4.78, 5) is 0. The normalized spacial score (nSPS) is 19.6. The smallest absolute Gasteiger partial charge is 0.279 e. The first-order valence-corrected chi connectivity index (χ1v) is 7.81. The van der Waals surface area contributed by atoms with Crippen molar-refractivity contribution >= 4 is 22.6 Å². The molecule has 1 atom stereocenters. The maximum atomic E-state index is 12.0. The van der Waals surface area contributed by atoms with Crippen molar-refractivity contribution in [3.8, 4) is 0 Å². The lowest BCUT2D eigenvalue weighted by Crippen LogP contribution is -2.47. The standard InChI is InChI=1S/C11H25N3O2S.ClH/c1-10(12-2)9-13-17(15,16)14(3)11-7-5-4-6-8-11;/h10-13H,4-9H2,1-3H3;1H. The van der Waals surface area contributed by atoms with Crippen LogP contribution < -0.4 is 10.0 Å². The van der Waals surface area contributed by atoms with E-state index in [9.17, 15) is 8.42 Å². The van der Waals surface area contributed by atoms with E-state index >= 15 is 0 Å². The SMILES string of the molecule is CNC(C)CNS(=O)(=O)N(C)C1CCCCC1.Cl. The zero-order valence-corrected chi connectivity index (χ0v) is 13.1. The summed E-state index contributed by atoms with van der Waals surface area (Å²) in [5.41, 5.74) is 0. The van der Waals surface area contributed by atoms with Gasteiger partial charge in [0.2, 0.25) is 0 Å². The molecule has 1 aliphatic carbocycles. The molecule has 0 radical (unpaired) electrons. The molecule has 0 aromatic heterocycles. The first kappa shape index (κ1) is 18.1. The molecule has 1 saturated carbocycles. The minimum atomic E-state index is -3.32. The van der Waals surface area contributed by atoms with Crippen molar-refractivity contribution in [3.63, 3.8) is 0 Å². The Hall–Kier alpha value is 0.120. The molecule has 18 heavy (non-hydrogen) atoms. The van der Waals surface area contributed by atoms with Gasteiger partial charge in [-0.3, -0.25) is 0 Å². The van der Waals surface area contributed by atoms with Crippen LogP contribution in [0.3, 0.4) is 0 Å². The van der Waals surface area contributed by atoms with Crippen LogP contribution in [0, 0.1) is 0 Å². The molecule has 1 unspecified atom stereocenters. The first-order valence-electron chi connectivity index (χ1n) is 6.37. The molecule has 0 aliphatic heterocycles. The Bertz CT molecular complexity index is 318. The zero-order chi connectivity index (χ0) is 12.9. The van der Waals surface area contributed by atoms with Crippen molar-refractivity contribution in [1.82, 2.24) is 14.3 Å². The van der Waals surface area contributed by atoms with E-state index < -0.39 is 10.2 Å². The van der Waals surface area contributed by atoms with Crippen LogP contribution in [-0.4, -0.2) is 45.4 Å². The van der Waals surface area contributed by atoms with Gasteiger partial charge in [0.1, 0.15) is 0 Å². The fraction of sp³-hybridized carbons (Fsp3) is 1.00. The molecular weight excluding hydrogens is 274 g/mol. The van der Waals surface area contributed by atoms with Gasteiger partial charge in [-0.15, -0.1) is 12.4 Å². The molecule has 2 N–H and O–H groups in total. The zero-order valence-electron chi connectivity index (χ0n) is 11.5. The van der Waals surface area contributed by atoms with Gasteiger partial charge in [-0.05, 0) is 26.8 Å². The summed E-state index contributed by atoms with van der Waals surface area (Å²) in [7, 11) is 0.184. The van der Waals surface area contributed by atoms with Crippen LogP contribution in [0.25, 0.3) is 0 Å². The van der Waals surface area contributed by atoms with Crippen molar-refractivity contribution in [1.29, 1.82) is 0 Å². The van der Waals surface area contributed by atoms with Gasteiger partial charge in [-0.2, -0.15) is 12.7 Å². The van der Waals surface area contributed by atoms with Crippen LogP contribution in [0.15, 0.2) is 0 Å². The monoisotopic (exact) mass is 299 g/mol. The molecule has 0 heterocycles. The Balaban J connectivity index is 0.00000289.